The second-order valence-corrected chi connectivity index (χ2v) is 5.67. The van der Waals surface area contributed by atoms with Crippen molar-refractivity contribution in [3.8, 4) is 5.75 Å². The number of non-ortho nitro benzene ring substituents is 1. The Hall–Kier alpha value is -2.93. The first-order chi connectivity index (χ1) is 11.9. The van der Waals surface area contributed by atoms with Crippen LogP contribution >= 0.6 is 11.6 Å². The molecule has 2 rings (SSSR count). The fourth-order valence-electron chi connectivity index (χ4n) is 2.16. The quantitative estimate of drug-likeness (QED) is 0.463. The summed E-state index contributed by atoms with van der Waals surface area (Å²) < 4.78 is 5.29. The van der Waals surface area contributed by atoms with Gasteiger partial charge in [-0.3, -0.25) is 19.7 Å². The van der Waals surface area contributed by atoms with Crippen LogP contribution in [0, 0.1) is 10.1 Å². The standard InChI is InChI=1S/C17H15ClN2O5/c1-11(12-3-2-4-14(18)7-12)19-17(22)10-25-16-6-5-15(20(23)24)8-13(16)9-21/h2-9,11H,10H2,1H3,(H,19,22)/t11-/m1/s1. The molecule has 2 aromatic carbocycles. The second kappa shape index (κ2) is 8.25. The number of benzene rings is 2. The van der Waals surface area contributed by atoms with Gasteiger partial charge in [0.1, 0.15) is 5.75 Å². The molecular formula is C17H15ClN2O5. The average Bonchev–Trinajstić information content (AvgIpc) is 2.59. The fourth-order valence-corrected chi connectivity index (χ4v) is 2.36. The highest BCUT2D eigenvalue weighted by Crippen LogP contribution is 2.23. The number of nitro benzene ring substituents is 1. The molecule has 2 aromatic rings. The van der Waals surface area contributed by atoms with Crippen LogP contribution in [0.2, 0.25) is 5.02 Å². The topological polar surface area (TPSA) is 98.5 Å². The van der Waals surface area contributed by atoms with Crippen molar-refractivity contribution in [2.24, 2.45) is 0 Å². The number of carbonyl (C=O) groups excluding carboxylic acids is 2. The van der Waals surface area contributed by atoms with Gasteiger partial charge < -0.3 is 10.1 Å². The molecule has 0 aromatic heterocycles. The number of ether oxygens (including phenoxy) is 1. The smallest absolute Gasteiger partial charge is 0.270 e. The van der Waals surface area contributed by atoms with Crippen molar-refractivity contribution >= 4 is 29.5 Å². The normalized spacial score (nSPS) is 11.4. The summed E-state index contributed by atoms with van der Waals surface area (Å²) in [6, 6.07) is 10.4. The lowest BCUT2D eigenvalue weighted by molar-refractivity contribution is -0.384. The maximum absolute atomic E-state index is 12.0. The van der Waals surface area contributed by atoms with Crippen molar-refractivity contribution in [2.75, 3.05) is 6.61 Å². The minimum Gasteiger partial charge on any atom is -0.483 e. The number of halogens is 1. The molecule has 130 valence electrons. The van der Waals surface area contributed by atoms with E-state index in [-0.39, 0.29) is 29.6 Å². The zero-order valence-electron chi connectivity index (χ0n) is 13.3. The number of rotatable bonds is 7. The SMILES string of the molecule is C[C@@H](NC(=O)COc1ccc([N+](=O)[O-])cc1C=O)c1cccc(Cl)c1. The predicted molar refractivity (Wildman–Crippen MR) is 92.0 cm³/mol. The van der Waals surface area contributed by atoms with Gasteiger partial charge >= 0.3 is 0 Å². The van der Waals surface area contributed by atoms with E-state index >= 15 is 0 Å². The Bertz CT molecular complexity index is 809. The van der Waals surface area contributed by atoms with E-state index in [0.717, 1.165) is 11.6 Å². The van der Waals surface area contributed by atoms with Crippen LogP contribution in [0.4, 0.5) is 5.69 Å². The van der Waals surface area contributed by atoms with Crippen LogP contribution in [-0.4, -0.2) is 23.7 Å². The van der Waals surface area contributed by atoms with Gasteiger partial charge in [-0.15, -0.1) is 0 Å². The van der Waals surface area contributed by atoms with Gasteiger partial charge in [0.15, 0.2) is 12.9 Å². The average molecular weight is 363 g/mol. The number of amides is 1. The highest BCUT2D eigenvalue weighted by molar-refractivity contribution is 6.30. The van der Waals surface area contributed by atoms with E-state index in [1.165, 1.54) is 12.1 Å². The summed E-state index contributed by atoms with van der Waals surface area (Å²) in [7, 11) is 0. The molecule has 0 saturated heterocycles. The van der Waals surface area contributed by atoms with E-state index in [2.05, 4.69) is 5.32 Å². The third-order valence-corrected chi connectivity index (χ3v) is 3.65. The molecule has 0 aliphatic heterocycles. The van der Waals surface area contributed by atoms with E-state index in [1.54, 1.807) is 25.1 Å². The number of nitrogens with one attached hydrogen (secondary N) is 1. The molecule has 1 N–H and O–H groups in total. The highest BCUT2D eigenvalue weighted by atomic mass is 35.5. The first kappa shape index (κ1) is 18.4. The molecule has 1 atom stereocenters. The van der Waals surface area contributed by atoms with Crippen LogP contribution in [0.25, 0.3) is 0 Å². The van der Waals surface area contributed by atoms with Crippen LogP contribution in [0.1, 0.15) is 28.9 Å². The third-order valence-electron chi connectivity index (χ3n) is 3.42. The number of hydrogen-bond acceptors (Lipinski definition) is 5. The Morgan fingerprint density at radius 1 is 1.36 bits per heavy atom. The molecular weight excluding hydrogens is 348 g/mol. The molecule has 0 heterocycles. The summed E-state index contributed by atoms with van der Waals surface area (Å²) in [6.07, 6.45) is 0.439. The number of hydrogen-bond donors (Lipinski definition) is 1. The Morgan fingerprint density at radius 3 is 2.76 bits per heavy atom. The molecule has 0 bridgehead atoms. The van der Waals surface area contributed by atoms with Gasteiger partial charge in [-0.25, -0.2) is 0 Å². The van der Waals surface area contributed by atoms with E-state index in [4.69, 9.17) is 16.3 Å². The molecule has 0 saturated carbocycles. The maximum atomic E-state index is 12.0. The molecule has 0 aliphatic rings. The van der Waals surface area contributed by atoms with Crippen LogP contribution in [0.3, 0.4) is 0 Å². The van der Waals surface area contributed by atoms with Crippen LogP contribution in [0.15, 0.2) is 42.5 Å². The summed E-state index contributed by atoms with van der Waals surface area (Å²) in [5.41, 5.74) is 0.614. The first-order valence-electron chi connectivity index (χ1n) is 7.32. The minimum atomic E-state index is -0.615. The predicted octanol–water partition coefficient (Wildman–Crippen LogP) is 3.32. The van der Waals surface area contributed by atoms with Gasteiger partial charge in [0.2, 0.25) is 0 Å². The monoisotopic (exact) mass is 362 g/mol. The zero-order chi connectivity index (χ0) is 18.4. The van der Waals surface area contributed by atoms with Crippen molar-refractivity contribution in [3.05, 3.63) is 68.7 Å². The van der Waals surface area contributed by atoms with Crippen LogP contribution in [0.5, 0.6) is 5.75 Å². The minimum absolute atomic E-state index is 0.00453. The molecule has 7 nitrogen and oxygen atoms in total. The number of nitro groups is 1. The lowest BCUT2D eigenvalue weighted by atomic mass is 10.1. The molecule has 0 radical (unpaired) electrons. The molecule has 0 aliphatic carbocycles. The highest BCUT2D eigenvalue weighted by Gasteiger charge is 2.14. The summed E-state index contributed by atoms with van der Waals surface area (Å²) in [4.78, 5) is 33.1. The van der Waals surface area contributed by atoms with Crippen molar-refractivity contribution < 1.29 is 19.2 Å². The molecule has 0 fully saturated rings. The van der Waals surface area contributed by atoms with Gasteiger partial charge in [-0.2, -0.15) is 0 Å². The Labute approximate surface area is 148 Å². The zero-order valence-corrected chi connectivity index (χ0v) is 14.0. The van der Waals surface area contributed by atoms with Crippen LogP contribution < -0.4 is 10.1 Å². The van der Waals surface area contributed by atoms with Crippen molar-refractivity contribution in [1.82, 2.24) is 5.32 Å². The lowest BCUT2D eigenvalue weighted by Crippen LogP contribution is -2.31. The van der Waals surface area contributed by atoms with Gasteiger partial charge in [-0.1, -0.05) is 23.7 Å². The lowest BCUT2D eigenvalue weighted by Gasteiger charge is -2.15. The summed E-state index contributed by atoms with van der Waals surface area (Å²) in [5.74, 6) is -0.297. The molecule has 8 heteroatoms. The molecule has 1 amide bonds. The number of nitrogens with zero attached hydrogens (tertiary/aromatic N) is 1. The first-order valence-corrected chi connectivity index (χ1v) is 7.69. The maximum Gasteiger partial charge on any atom is 0.270 e. The van der Waals surface area contributed by atoms with E-state index in [0.29, 0.717) is 11.3 Å². The van der Waals surface area contributed by atoms with E-state index in [1.807, 2.05) is 6.07 Å². The molecule has 0 unspecified atom stereocenters. The van der Waals surface area contributed by atoms with E-state index in [9.17, 15) is 19.7 Å². The summed E-state index contributed by atoms with van der Waals surface area (Å²) >= 11 is 5.92. The number of carbonyl (C=O) groups is 2. The fraction of sp³-hybridized carbons (Fsp3) is 0.176. The molecule has 25 heavy (non-hydrogen) atoms. The van der Waals surface area contributed by atoms with E-state index < -0.39 is 10.8 Å². The largest absolute Gasteiger partial charge is 0.483 e. The number of aldehydes is 1. The van der Waals surface area contributed by atoms with Crippen LogP contribution in [-0.2, 0) is 4.79 Å². The second-order valence-electron chi connectivity index (χ2n) is 5.23. The summed E-state index contributed by atoms with van der Waals surface area (Å²) in [6.45, 7) is 1.47. The summed E-state index contributed by atoms with van der Waals surface area (Å²) in [5, 5.41) is 14.0. The third kappa shape index (κ3) is 5.02. The Kier molecular flexibility index (Phi) is 6.08. The Balaban J connectivity index is 1.98. The van der Waals surface area contributed by atoms with Gasteiger partial charge in [-0.05, 0) is 30.7 Å². The van der Waals surface area contributed by atoms with Crippen molar-refractivity contribution in [3.63, 3.8) is 0 Å². The Morgan fingerprint density at radius 2 is 2.12 bits per heavy atom. The van der Waals surface area contributed by atoms with Gasteiger partial charge in [0.25, 0.3) is 11.6 Å². The van der Waals surface area contributed by atoms with Gasteiger partial charge in [0, 0.05) is 17.2 Å². The molecule has 0 spiro atoms. The van der Waals surface area contributed by atoms with Crippen molar-refractivity contribution in [1.29, 1.82) is 0 Å². The van der Waals surface area contributed by atoms with Gasteiger partial charge in [0.05, 0.1) is 16.5 Å². The van der Waals surface area contributed by atoms with Crippen molar-refractivity contribution in [2.45, 2.75) is 13.0 Å².